The van der Waals surface area contributed by atoms with Crippen molar-refractivity contribution in [1.29, 1.82) is 0 Å². The maximum atomic E-state index is 8.91. The van der Waals surface area contributed by atoms with Gasteiger partial charge in [0.25, 0.3) is 0 Å². The predicted octanol–water partition coefficient (Wildman–Crippen LogP) is 1.19. The van der Waals surface area contributed by atoms with E-state index in [2.05, 4.69) is 28.4 Å². The summed E-state index contributed by atoms with van der Waals surface area (Å²) in [5.74, 6) is 0. The van der Waals surface area contributed by atoms with Gasteiger partial charge >= 0.3 is 0 Å². The third-order valence-corrected chi connectivity index (χ3v) is 3.84. The van der Waals surface area contributed by atoms with Gasteiger partial charge in [0.2, 0.25) is 0 Å². The Labute approximate surface area is 110 Å². The molecule has 0 aromatic heterocycles. The van der Waals surface area contributed by atoms with Crippen molar-refractivity contribution in [2.45, 2.75) is 31.8 Å². The molecule has 0 amide bonds. The van der Waals surface area contributed by atoms with Gasteiger partial charge in [-0.1, -0.05) is 18.2 Å². The molecule has 0 saturated carbocycles. The van der Waals surface area contributed by atoms with Crippen LogP contribution in [0.2, 0.25) is 0 Å². The quantitative estimate of drug-likeness (QED) is 0.821. The van der Waals surface area contributed by atoms with Crippen molar-refractivity contribution in [1.82, 2.24) is 10.2 Å². The standard InChI is InChI=1S/C15H24N2O/c1-16-15-6-5-13-9-12(3-4-14(13)10-15)11-17(2)7-8-18/h3-4,9,15-16,18H,5-8,10-11H2,1-2H3. The Kier molecular flexibility index (Phi) is 4.75. The average Bonchev–Trinajstić information content (AvgIpc) is 2.38. The van der Waals surface area contributed by atoms with E-state index in [0.29, 0.717) is 6.04 Å². The molecule has 18 heavy (non-hydrogen) atoms. The molecule has 0 spiro atoms. The smallest absolute Gasteiger partial charge is 0.0558 e. The molecule has 1 aliphatic rings. The minimum Gasteiger partial charge on any atom is -0.395 e. The number of fused-ring (bicyclic) bond motifs is 1. The van der Waals surface area contributed by atoms with Crippen LogP contribution in [-0.2, 0) is 19.4 Å². The Hall–Kier alpha value is -0.900. The Bertz CT molecular complexity index is 392. The lowest BCUT2D eigenvalue weighted by molar-refractivity contribution is 0.217. The number of hydrogen-bond donors (Lipinski definition) is 2. The molecule has 0 bridgehead atoms. The molecule has 0 aliphatic heterocycles. The number of hydrogen-bond acceptors (Lipinski definition) is 3. The first-order valence-corrected chi connectivity index (χ1v) is 6.80. The second-order valence-electron chi connectivity index (χ2n) is 5.29. The van der Waals surface area contributed by atoms with E-state index in [1.165, 1.54) is 29.5 Å². The zero-order valence-electron chi connectivity index (χ0n) is 11.4. The van der Waals surface area contributed by atoms with E-state index in [9.17, 15) is 0 Å². The van der Waals surface area contributed by atoms with E-state index in [4.69, 9.17) is 5.11 Å². The summed E-state index contributed by atoms with van der Waals surface area (Å²) in [5.41, 5.74) is 4.36. The lowest BCUT2D eigenvalue weighted by Crippen LogP contribution is -2.31. The fraction of sp³-hybridized carbons (Fsp3) is 0.600. The van der Waals surface area contributed by atoms with E-state index in [1.54, 1.807) is 0 Å². The zero-order chi connectivity index (χ0) is 13.0. The molecule has 2 N–H and O–H groups in total. The molecule has 0 saturated heterocycles. The normalized spacial score (nSPS) is 19.0. The summed E-state index contributed by atoms with van der Waals surface area (Å²) >= 11 is 0. The fourth-order valence-electron chi connectivity index (χ4n) is 2.71. The van der Waals surface area contributed by atoms with Gasteiger partial charge in [0.15, 0.2) is 0 Å². The second kappa shape index (κ2) is 6.32. The van der Waals surface area contributed by atoms with Crippen LogP contribution >= 0.6 is 0 Å². The van der Waals surface area contributed by atoms with Crippen LogP contribution in [0.1, 0.15) is 23.1 Å². The van der Waals surface area contributed by atoms with Gasteiger partial charge in [-0.05, 0) is 50.0 Å². The van der Waals surface area contributed by atoms with Crippen LogP contribution in [-0.4, -0.2) is 43.3 Å². The highest BCUT2D eigenvalue weighted by molar-refractivity contribution is 5.34. The molecule has 0 fully saturated rings. The molecule has 3 nitrogen and oxygen atoms in total. The van der Waals surface area contributed by atoms with Gasteiger partial charge in [-0.3, -0.25) is 4.90 Å². The first-order chi connectivity index (χ1) is 8.72. The van der Waals surface area contributed by atoms with Crippen LogP contribution in [0.15, 0.2) is 18.2 Å². The number of nitrogens with one attached hydrogen (secondary N) is 1. The van der Waals surface area contributed by atoms with E-state index in [1.807, 2.05) is 14.1 Å². The van der Waals surface area contributed by atoms with Crippen molar-refractivity contribution < 1.29 is 5.11 Å². The van der Waals surface area contributed by atoms with Crippen LogP contribution in [0.25, 0.3) is 0 Å². The van der Waals surface area contributed by atoms with Crippen LogP contribution in [0.4, 0.5) is 0 Å². The fourth-order valence-corrected chi connectivity index (χ4v) is 2.71. The number of aliphatic hydroxyl groups is 1. The van der Waals surface area contributed by atoms with Crippen LogP contribution in [0.5, 0.6) is 0 Å². The monoisotopic (exact) mass is 248 g/mol. The summed E-state index contributed by atoms with van der Waals surface area (Å²) in [6, 6.07) is 7.49. The van der Waals surface area contributed by atoms with Crippen LogP contribution < -0.4 is 5.32 Å². The predicted molar refractivity (Wildman–Crippen MR) is 74.7 cm³/mol. The summed E-state index contributed by atoms with van der Waals surface area (Å²) in [6.45, 7) is 1.88. The first-order valence-electron chi connectivity index (χ1n) is 6.80. The molecular weight excluding hydrogens is 224 g/mol. The lowest BCUT2D eigenvalue weighted by Gasteiger charge is -2.25. The zero-order valence-corrected chi connectivity index (χ0v) is 11.4. The summed E-state index contributed by atoms with van der Waals surface area (Å²) in [5, 5.41) is 12.3. The largest absolute Gasteiger partial charge is 0.395 e. The number of aryl methyl sites for hydroxylation is 1. The first kappa shape index (κ1) is 13.5. The van der Waals surface area contributed by atoms with E-state index in [0.717, 1.165) is 19.5 Å². The molecule has 1 aromatic carbocycles. The molecule has 1 aliphatic carbocycles. The average molecular weight is 248 g/mol. The van der Waals surface area contributed by atoms with Crippen molar-refractivity contribution in [3.05, 3.63) is 34.9 Å². The van der Waals surface area contributed by atoms with Gasteiger partial charge in [-0.25, -0.2) is 0 Å². The van der Waals surface area contributed by atoms with Gasteiger partial charge < -0.3 is 10.4 Å². The maximum absolute atomic E-state index is 8.91. The molecule has 1 unspecified atom stereocenters. The number of aliphatic hydroxyl groups excluding tert-OH is 1. The Morgan fingerprint density at radius 3 is 2.94 bits per heavy atom. The number of rotatable bonds is 5. The molecule has 1 aromatic rings. The molecular formula is C15H24N2O. The van der Waals surface area contributed by atoms with Crippen molar-refractivity contribution in [3.63, 3.8) is 0 Å². The molecule has 1 atom stereocenters. The van der Waals surface area contributed by atoms with E-state index in [-0.39, 0.29) is 6.61 Å². The highest BCUT2D eigenvalue weighted by Gasteiger charge is 2.17. The van der Waals surface area contributed by atoms with Crippen molar-refractivity contribution in [2.24, 2.45) is 0 Å². The van der Waals surface area contributed by atoms with E-state index >= 15 is 0 Å². The Morgan fingerprint density at radius 2 is 2.22 bits per heavy atom. The summed E-state index contributed by atoms with van der Waals surface area (Å²) in [7, 11) is 4.10. The van der Waals surface area contributed by atoms with Crippen molar-refractivity contribution in [3.8, 4) is 0 Å². The lowest BCUT2D eigenvalue weighted by atomic mass is 9.87. The van der Waals surface area contributed by atoms with E-state index < -0.39 is 0 Å². The highest BCUT2D eigenvalue weighted by atomic mass is 16.3. The molecule has 2 rings (SSSR count). The topological polar surface area (TPSA) is 35.5 Å². The van der Waals surface area contributed by atoms with Gasteiger partial charge in [0, 0.05) is 19.1 Å². The minimum absolute atomic E-state index is 0.227. The molecule has 0 radical (unpaired) electrons. The van der Waals surface area contributed by atoms with Crippen molar-refractivity contribution >= 4 is 0 Å². The molecule has 100 valence electrons. The van der Waals surface area contributed by atoms with Crippen molar-refractivity contribution in [2.75, 3.05) is 27.2 Å². The molecule has 0 heterocycles. The Morgan fingerprint density at radius 1 is 1.39 bits per heavy atom. The van der Waals surface area contributed by atoms with Crippen LogP contribution in [0.3, 0.4) is 0 Å². The van der Waals surface area contributed by atoms with Gasteiger partial charge in [0.1, 0.15) is 0 Å². The van der Waals surface area contributed by atoms with Crippen LogP contribution in [0, 0.1) is 0 Å². The second-order valence-corrected chi connectivity index (χ2v) is 5.29. The highest BCUT2D eigenvalue weighted by Crippen LogP contribution is 2.23. The van der Waals surface area contributed by atoms with Gasteiger partial charge in [-0.2, -0.15) is 0 Å². The SMILES string of the molecule is CNC1CCc2cc(CN(C)CCO)ccc2C1. The summed E-state index contributed by atoms with van der Waals surface area (Å²) in [6.07, 6.45) is 3.57. The third kappa shape index (κ3) is 3.31. The Balaban J connectivity index is 2.04. The third-order valence-electron chi connectivity index (χ3n) is 3.84. The maximum Gasteiger partial charge on any atom is 0.0558 e. The number of nitrogens with zero attached hydrogens (tertiary/aromatic N) is 1. The number of likely N-dealkylation sites (N-methyl/N-ethyl adjacent to an activating group) is 2. The molecule has 3 heteroatoms. The van der Waals surface area contributed by atoms with Gasteiger partial charge in [-0.15, -0.1) is 0 Å². The minimum atomic E-state index is 0.227. The number of benzene rings is 1. The summed E-state index contributed by atoms with van der Waals surface area (Å²) in [4.78, 5) is 2.15. The van der Waals surface area contributed by atoms with Gasteiger partial charge in [0.05, 0.1) is 6.61 Å². The summed E-state index contributed by atoms with van der Waals surface area (Å²) < 4.78 is 0.